The first-order chi connectivity index (χ1) is 10.0. The van der Waals surface area contributed by atoms with Gasteiger partial charge in [0.1, 0.15) is 18.3 Å². The van der Waals surface area contributed by atoms with Crippen LogP contribution in [0.2, 0.25) is 0 Å². The van der Waals surface area contributed by atoms with Gasteiger partial charge in [-0.1, -0.05) is 5.16 Å². The lowest BCUT2D eigenvalue weighted by Crippen LogP contribution is -2.33. The minimum Gasteiger partial charge on any atom is -0.394 e. The molecule has 0 spiro atoms. The second kappa shape index (κ2) is 5.61. The number of nitrogens with zero attached hydrogens (tertiary/aromatic N) is 4. The van der Waals surface area contributed by atoms with Gasteiger partial charge in [0.25, 0.3) is 5.89 Å². The minimum absolute atomic E-state index is 0.266. The molecule has 0 bridgehead atoms. The van der Waals surface area contributed by atoms with Crippen LogP contribution in [-0.2, 0) is 4.74 Å². The highest BCUT2D eigenvalue weighted by Gasteiger charge is 2.44. The van der Waals surface area contributed by atoms with E-state index in [1.807, 2.05) is 22.6 Å². The fraction of sp³-hybridized carbons (Fsp3) is 0.545. The van der Waals surface area contributed by atoms with Gasteiger partial charge in [-0.25, -0.2) is 4.68 Å². The lowest BCUT2D eigenvalue weighted by atomic mass is 10.1. The fourth-order valence-electron chi connectivity index (χ4n) is 2.14. The van der Waals surface area contributed by atoms with Crippen molar-refractivity contribution in [2.24, 2.45) is 0 Å². The Morgan fingerprint density at radius 2 is 2.14 bits per heavy atom. The van der Waals surface area contributed by atoms with Gasteiger partial charge in [-0.05, 0) is 29.5 Å². The Morgan fingerprint density at radius 1 is 1.38 bits per heavy atom. The molecule has 1 aliphatic heterocycles. The van der Waals surface area contributed by atoms with E-state index in [0.717, 1.165) is 3.57 Å². The first-order valence-corrected chi connectivity index (χ1v) is 7.27. The van der Waals surface area contributed by atoms with Crippen LogP contribution in [0.15, 0.2) is 10.7 Å². The molecule has 2 aromatic rings. The summed E-state index contributed by atoms with van der Waals surface area (Å²) in [4.78, 5) is 4.10. The van der Waals surface area contributed by atoms with Crippen LogP contribution in [-0.4, -0.2) is 60.2 Å². The molecule has 0 aromatic carbocycles. The Morgan fingerprint density at radius 3 is 2.71 bits per heavy atom. The molecule has 3 rings (SSSR count). The molecule has 0 radical (unpaired) electrons. The summed E-state index contributed by atoms with van der Waals surface area (Å²) in [5, 5.41) is 36.8. The highest BCUT2D eigenvalue weighted by molar-refractivity contribution is 14.1. The summed E-state index contributed by atoms with van der Waals surface area (Å²) in [6.45, 7) is 1.31. The van der Waals surface area contributed by atoms with E-state index in [2.05, 4.69) is 15.2 Å². The molecule has 0 unspecified atom stereocenters. The van der Waals surface area contributed by atoms with Crippen molar-refractivity contribution in [3.63, 3.8) is 0 Å². The third-order valence-corrected chi connectivity index (χ3v) is 3.98. The summed E-state index contributed by atoms with van der Waals surface area (Å²) in [5.41, 5.74) is 0.467. The zero-order chi connectivity index (χ0) is 15.1. The van der Waals surface area contributed by atoms with Crippen molar-refractivity contribution in [1.82, 2.24) is 19.9 Å². The number of hydrogen-bond donors (Lipinski definition) is 3. The minimum atomic E-state index is -1.19. The molecule has 10 heteroatoms. The first kappa shape index (κ1) is 14.8. The van der Waals surface area contributed by atoms with Gasteiger partial charge in [-0.2, -0.15) is 10.1 Å². The van der Waals surface area contributed by atoms with E-state index in [1.54, 1.807) is 13.1 Å². The maximum absolute atomic E-state index is 9.99. The maximum Gasteiger partial charge on any atom is 0.279 e. The molecule has 3 N–H and O–H groups in total. The molecular weight excluding hydrogens is 395 g/mol. The van der Waals surface area contributed by atoms with Crippen molar-refractivity contribution in [3.05, 3.63) is 15.6 Å². The molecule has 1 saturated heterocycles. The molecule has 2 aromatic heterocycles. The lowest BCUT2D eigenvalue weighted by Gasteiger charge is -2.14. The Balaban J connectivity index is 1.91. The summed E-state index contributed by atoms with van der Waals surface area (Å²) < 4.78 is 12.6. The molecule has 3 heterocycles. The average molecular weight is 408 g/mol. The molecule has 4 atom stereocenters. The van der Waals surface area contributed by atoms with Crippen LogP contribution >= 0.6 is 22.6 Å². The quantitative estimate of drug-likeness (QED) is 0.578. The molecular formula is C11H13IN4O5. The number of aliphatic hydroxyl groups excluding tert-OH is 3. The Hall–Kier alpha value is -1.08. The van der Waals surface area contributed by atoms with E-state index < -0.39 is 24.5 Å². The molecule has 0 aliphatic carbocycles. The fourth-order valence-corrected chi connectivity index (χ4v) is 2.76. The van der Waals surface area contributed by atoms with Crippen molar-refractivity contribution in [3.8, 4) is 11.6 Å². The SMILES string of the molecule is Cc1noc(-c2nn([C@@H]3O[C@H](CO)[C@@H](O)[C@H]3O)cc2I)n1. The maximum atomic E-state index is 9.99. The highest BCUT2D eigenvalue weighted by Crippen LogP contribution is 2.31. The van der Waals surface area contributed by atoms with Crippen LogP contribution in [0.5, 0.6) is 0 Å². The van der Waals surface area contributed by atoms with Crippen molar-refractivity contribution in [1.29, 1.82) is 0 Å². The van der Waals surface area contributed by atoms with Crippen LogP contribution in [0.4, 0.5) is 0 Å². The predicted octanol–water partition coefficient (Wildman–Crippen LogP) is -0.542. The number of aliphatic hydroxyl groups is 3. The number of ether oxygens (including phenoxy) is 1. The van der Waals surface area contributed by atoms with Crippen LogP contribution in [0.1, 0.15) is 12.1 Å². The average Bonchev–Trinajstić information content (AvgIpc) is 3.11. The second-order valence-electron chi connectivity index (χ2n) is 4.68. The summed E-state index contributed by atoms with van der Waals surface area (Å²) in [7, 11) is 0. The van der Waals surface area contributed by atoms with Gasteiger partial charge in [-0.3, -0.25) is 0 Å². The Kier molecular flexibility index (Phi) is 3.96. The lowest BCUT2D eigenvalue weighted by molar-refractivity contribution is -0.0585. The van der Waals surface area contributed by atoms with Gasteiger partial charge >= 0.3 is 0 Å². The molecule has 1 aliphatic rings. The largest absolute Gasteiger partial charge is 0.394 e. The predicted molar refractivity (Wildman–Crippen MR) is 76.0 cm³/mol. The van der Waals surface area contributed by atoms with E-state index >= 15 is 0 Å². The Labute approximate surface area is 132 Å². The third-order valence-electron chi connectivity index (χ3n) is 3.20. The van der Waals surface area contributed by atoms with E-state index in [1.165, 1.54) is 4.68 Å². The van der Waals surface area contributed by atoms with Crippen molar-refractivity contribution >= 4 is 22.6 Å². The van der Waals surface area contributed by atoms with Gasteiger partial charge in [0.15, 0.2) is 17.7 Å². The van der Waals surface area contributed by atoms with Crippen molar-refractivity contribution < 1.29 is 24.6 Å². The number of aryl methyl sites for hydroxylation is 1. The van der Waals surface area contributed by atoms with Gasteiger partial charge in [0.2, 0.25) is 0 Å². The molecule has 0 saturated carbocycles. The van der Waals surface area contributed by atoms with E-state index in [4.69, 9.17) is 14.4 Å². The van der Waals surface area contributed by atoms with Gasteiger partial charge < -0.3 is 24.6 Å². The number of aromatic nitrogens is 4. The zero-order valence-corrected chi connectivity index (χ0v) is 13.1. The smallest absolute Gasteiger partial charge is 0.279 e. The Bertz CT molecular complexity index is 644. The number of hydrogen-bond acceptors (Lipinski definition) is 8. The van der Waals surface area contributed by atoms with E-state index in [9.17, 15) is 10.2 Å². The molecule has 9 nitrogen and oxygen atoms in total. The first-order valence-electron chi connectivity index (χ1n) is 6.19. The van der Waals surface area contributed by atoms with Crippen LogP contribution in [0.25, 0.3) is 11.6 Å². The highest BCUT2D eigenvalue weighted by atomic mass is 127. The van der Waals surface area contributed by atoms with E-state index in [-0.39, 0.29) is 12.5 Å². The molecule has 0 amide bonds. The van der Waals surface area contributed by atoms with Crippen molar-refractivity contribution in [2.75, 3.05) is 6.61 Å². The molecule has 21 heavy (non-hydrogen) atoms. The third kappa shape index (κ3) is 2.57. The summed E-state index contributed by atoms with van der Waals surface area (Å²) in [5.74, 6) is 0.755. The molecule has 114 valence electrons. The summed E-state index contributed by atoms with van der Waals surface area (Å²) in [6, 6.07) is 0. The molecule has 1 fully saturated rings. The standard InChI is InChI=1S/C11H13IN4O5/c1-4-13-10(21-15-4)7-5(12)2-16(14-7)11-9(19)8(18)6(3-17)20-11/h2,6,8-9,11,17-19H,3H2,1H3/t6-,8-,9-,11-/m1/s1. The van der Waals surface area contributed by atoms with Gasteiger partial charge in [0, 0.05) is 6.20 Å². The topological polar surface area (TPSA) is 127 Å². The monoisotopic (exact) mass is 408 g/mol. The van der Waals surface area contributed by atoms with Crippen LogP contribution in [0.3, 0.4) is 0 Å². The summed E-state index contributed by atoms with van der Waals surface area (Å²) in [6.07, 6.45) is -2.45. The van der Waals surface area contributed by atoms with E-state index in [0.29, 0.717) is 11.5 Å². The van der Waals surface area contributed by atoms with Crippen LogP contribution < -0.4 is 0 Å². The van der Waals surface area contributed by atoms with Crippen molar-refractivity contribution in [2.45, 2.75) is 31.5 Å². The number of halogens is 1. The zero-order valence-electron chi connectivity index (χ0n) is 10.9. The second-order valence-corrected chi connectivity index (χ2v) is 5.84. The van der Waals surface area contributed by atoms with Crippen LogP contribution in [0, 0.1) is 10.5 Å². The summed E-state index contributed by atoms with van der Waals surface area (Å²) >= 11 is 2.05. The number of rotatable bonds is 3. The van der Waals surface area contributed by atoms with Gasteiger partial charge in [0.05, 0.1) is 10.2 Å². The van der Waals surface area contributed by atoms with Gasteiger partial charge in [-0.15, -0.1) is 0 Å². The normalized spacial score (nSPS) is 29.2.